The molecule has 0 radical (unpaired) electrons. The molecule has 3 N–H and O–H groups in total. The van der Waals surface area contributed by atoms with Gasteiger partial charge in [-0.1, -0.05) is 12.1 Å². The number of halogens is 3. The third-order valence-electron chi connectivity index (χ3n) is 8.57. The van der Waals surface area contributed by atoms with E-state index in [0.29, 0.717) is 18.3 Å². The summed E-state index contributed by atoms with van der Waals surface area (Å²) in [5, 5.41) is 8.44. The van der Waals surface area contributed by atoms with Gasteiger partial charge in [-0.05, 0) is 57.2 Å². The molecule has 6 rings (SSSR count). The monoisotopic (exact) mass is 595 g/mol. The Balaban J connectivity index is 1.19. The van der Waals surface area contributed by atoms with Crippen LogP contribution in [0.5, 0.6) is 5.75 Å². The molecule has 43 heavy (non-hydrogen) atoms. The van der Waals surface area contributed by atoms with Gasteiger partial charge in [0.2, 0.25) is 0 Å². The van der Waals surface area contributed by atoms with Gasteiger partial charge in [0.1, 0.15) is 18.2 Å². The number of piperidine rings is 1. The minimum Gasteiger partial charge on any atom is -0.489 e. The van der Waals surface area contributed by atoms with Crippen LogP contribution in [0, 0.1) is 0 Å². The molecule has 0 unspecified atom stereocenters. The molecule has 0 bridgehead atoms. The predicted molar refractivity (Wildman–Crippen MR) is 161 cm³/mol. The number of rotatable bonds is 6. The van der Waals surface area contributed by atoms with Crippen molar-refractivity contribution < 1.29 is 22.7 Å². The highest BCUT2D eigenvalue weighted by molar-refractivity contribution is 6.00. The quantitative estimate of drug-likeness (QED) is 0.370. The topological polar surface area (TPSA) is 85.0 Å². The zero-order valence-electron chi connectivity index (χ0n) is 24.2. The van der Waals surface area contributed by atoms with Gasteiger partial charge in [-0.15, -0.1) is 0 Å². The second-order valence-electron chi connectivity index (χ2n) is 11.4. The summed E-state index contributed by atoms with van der Waals surface area (Å²) in [4.78, 5) is 23.8. The van der Waals surface area contributed by atoms with E-state index in [9.17, 15) is 18.0 Å². The van der Waals surface area contributed by atoms with Crippen molar-refractivity contribution in [3.8, 4) is 5.75 Å². The van der Waals surface area contributed by atoms with Crippen LogP contribution in [0.2, 0.25) is 0 Å². The minimum atomic E-state index is -4.65. The SMILES string of the molecule is CNC(=O)c1ccccc1Nc1cc(Nc2ccc3c(c2)OC[C@H]2CN(C4CCN(C)CC4)CCN32)ncc1C(F)(F)F. The van der Waals surface area contributed by atoms with Crippen molar-refractivity contribution in [3.05, 3.63) is 65.9 Å². The first-order valence-electron chi connectivity index (χ1n) is 14.6. The first-order chi connectivity index (χ1) is 20.7. The van der Waals surface area contributed by atoms with E-state index >= 15 is 0 Å². The number of carbonyl (C=O) groups excluding carboxylic acids is 1. The molecule has 2 saturated heterocycles. The second-order valence-corrected chi connectivity index (χ2v) is 11.4. The molecule has 0 saturated carbocycles. The largest absolute Gasteiger partial charge is 0.489 e. The zero-order chi connectivity index (χ0) is 30.1. The van der Waals surface area contributed by atoms with Gasteiger partial charge in [0.05, 0.1) is 34.2 Å². The van der Waals surface area contributed by atoms with Gasteiger partial charge >= 0.3 is 6.18 Å². The molecule has 12 heteroatoms. The lowest BCUT2D eigenvalue weighted by molar-refractivity contribution is -0.137. The van der Waals surface area contributed by atoms with Crippen molar-refractivity contribution in [1.29, 1.82) is 0 Å². The first-order valence-corrected chi connectivity index (χ1v) is 14.6. The number of hydrogen-bond acceptors (Lipinski definition) is 8. The number of anilines is 5. The Bertz CT molecular complexity index is 1480. The van der Waals surface area contributed by atoms with Gasteiger partial charge in [0.25, 0.3) is 5.91 Å². The fourth-order valence-corrected chi connectivity index (χ4v) is 6.23. The number of alkyl halides is 3. The Morgan fingerprint density at radius 3 is 2.53 bits per heavy atom. The van der Waals surface area contributed by atoms with Crippen LogP contribution < -0.4 is 25.6 Å². The van der Waals surface area contributed by atoms with E-state index in [1.807, 2.05) is 18.2 Å². The van der Waals surface area contributed by atoms with E-state index in [-0.39, 0.29) is 28.8 Å². The van der Waals surface area contributed by atoms with Gasteiger partial charge in [0.15, 0.2) is 0 Å². The molecule has 3 aromatic rings. The molecular weight excluding hydrogens is 559 g/mol. The summed E-state index contributed by atoms with van der Waals surface area (Å²) in [6.45, 7) is 5.77. The number of pyridine rings is 1. The van der Waals surface area contributed by atoms with Crippen LogP contribution in [-0.4, -0.2) is 86.2 Å². The number of nitrogens with zero attached hydrogens (tertiary/aromatic N) is 4. The summed E-state index contributed by atoms with van der Waals surface area (Å²) in [7, 11) is 3.65. The summed E-state index contributed by atoms with van der Waals surface area (Å²) >= 11 is 0. The highest BCUT2D eigenvalue weighted by atomic mass is 19.4. The van der Waals surface area contributed by atoms with Crippen LogP contribution in [0.25, 0.3) is 0 Å². The van der Waals surface area contributed by atoms with Gasteiger partial charge in [0, 0.05) is 56.7 Å². The lowest BCUT2D eigenvalue weighted by Crippen LogP contribution is -2.60. The minimum absolute atomic E-state index is 0.216. The Morgan fingerprint density at radius 1 is 0.977 bits per heavy atom. The maximum Gasteiger partial charge on any atom is 0.419 e. The van der Waals surface area contributed by atoms with Crippen LogP contribution in [0.4, 0.5) is 41.7 Å². The molecule has 228 valence electrons. The Labute approximate surface area is 249 Å². The molecule has 1 amide bonds. The molecule has 2 aromatic carbocycles. The number of likely N-dealkylation sites (tertiary alicyclic amines) is 1. The number of aromatic nitrogens is 1. The maximum absolute atomic E-state index is 13.9. The number of piperazine rings is 1. The molecule has 1 aromatic heterocycles. The highest BCUT2D eigenvalue weighted by Crippen LogP contribution is 2.40. The average molecular weight is 596 g/mol. The third-order valence-corrected chi connectivity index (χ3v) is 8.57. The number of fused-ring (bicyclic) bond motifs is 3. The maximum atomic E-state index is 13.9. The van der Waals surface area contributed by atoms with Crippen LogP contribution in [0.15, 0.2) is 54.7 Å². The van der Waals surface area contributed by atoms with E-state index < -0.39 is 17.6 Å². The van der Waals surface area contributed by atoms with Crippen molar-refractivity contribution >= 4 is 34.5 Å². The summed E-state index contributed by atoms with van der Waals surface area (Å²) in [5.74, 6) is 0.538. The van der Waals surface area contributed by atoms with Crippen molar-refractivity contribution in [2.75, 3.05) is 69.0 Å². The molecule has 3 aliphatic heterocycles. The molecule has 2 fully saturated rings. The summed E-state index contributed by atoms with van der Waals surface area (Å²) in [6, 6.07) is 14.3. The summed E-state index contributed by atoms with van der Waals surface area (Å²) in [5.41, 5.74) is 0.980. The molecule has 0 aliphatic carbocycles. The van der Waals surface area contributed by atoms with Crippen LogP contribution in [-0.2, 0) is 6.18 Å². The average Bonchev–Trinajstić information content (AvgIpc) is 3.00. The van der Waals surface area contributed by atoms with Gasteiger partial charge in [-0.2, -0.15) is 13.2 Å². The highest BCUT2D eigenvalue weighted by Gasteiger charge is 2.37. The Morgan fingerprint density at radius 2 is 1.77 bits per heavy atom. The Kier molecular flexibility index (Phi) is 8.06. The summed E-state index contributed by atoms with van der Waals surface area (Å²) in [6.07, 6.45) is -1.46. The van der Waals surface area contributed by atoms with Gasteiger partial charge in [-0.25, -0.2) is 4.98 Å². The van der Waals surface area contributed by atoms with E-state index in [1.54, 1.807) is 24.3 Å². The number of benzene rings is 2. The normalized spacial score (nSPS) is 19.7. The van der Waals surface area contributed by atoms with E-state index in [0.717, 1.165) is 50.4 Å². The van der Waals surface area contributed by atoms with Crippen molar-refractivity contribution in [2.45, 2.75) is 31.1 Å². The van der Waals surface area contributed by atoms with Crippen molar-refractivity contribution in [3.63, 3.8) is 0 Å². The molecule has 4 heterocycles. The predicted octanol–water partition coefficient (Wildman–Crippen LogP) is 4.92. The Hall–Kier alpha value is -4.03. The molecular formula is C31H36F3N7O2. The van der Waals surface area contributed by atoms with Crippen LogP contribution >= 0.6 is 0 Å². The van der Waals surface area contributed by atoms with Gasteiger partial charge in [-0.3, -0.25) is 9.69 Å². The molecule has 0 spiro atoms. The molecule has 1 atom stereocenters. The van der Waals surface area contributed by atoms with Gasteiger partial charge < -0.3 is 30.5 Å². The molecule has 3 aliphatic rings. The van der Waals surface area contributed by atoms with E-state index in [4.69, 9.17) is 4.74 Å². The lowest BCUT2D eigenvalue weighted by atomic mass is 10.00. The fourth-order valence-electron chi connectivity index (χ4n) is 6.23. The molecule has 9 nitrogen and oxygen atoms in total. The van der Waals surface area contributed by atoms with E-state index in [1.165, 1.54) is 26.0 Å². The number of carbonyl (C=O) groups is 1. The zero-order valence-corrected chi connectivity index (χ0v) is 24.2. The summed E-state index contributed by atoms with van der Waals surface area (Å²) < 4.78 is 47.9. The number of amides is 1. The first kappa shape index (κ1) is 29.1. The van der Waals surface area contributed by atoms with Crippen LogP contribution in [0.3, 0.4) is 0 Å². The van der Waals surface area contributed by atoms with E-state index in [2.05, 4.69) is 42.7 Å². The second kappa shape index (κ2) is 11.9. The number of ether oxygens (including phenoxy) is 1. The standard InChI is InChI=1S/C31H36F3N7O2/c1-35-30(42)23-5-3-4-6-25(23)38-26-16-29(36-17-24(26)31(32,33)34)37-20-7-8-27-28(15-20)43-19-22-18-40(13-14-41(22)27)21-9-11-39(2)12-10-21/h3-8,15-17,21-22H,9-14,18-19H2,1-2H3,(H,35,42)(H2,36,37,38)/t22-/m1/s1. The lowest BCUT2D eigenvalue weighted by Gasteiger charge is -2.48. The van der Waals surface area contributed by atoms with Crippen molar-refractivity contribution in [2.24, 2.45) is 0 Å². The smallest absolute Gasteiger partial charge is 0.419 e. The van der Waals surface area contributed by atoms with Crippen molar-refractivity contribution in [1.82, 2.24) is 20.1 Å². The number of nitrogens with one attached hydrogen (secondary N) is 3. The van der Waals surface area contributed by atoms with Crippen LogP contribution in [0.1, 0.15) is 28.8 Å². The fraction of sp³-hybridized carbons (Fsp3) is 0.419. The number of para-hydroxylation sites is 1. The number of hydrogen-bond donors (Lipinski definition) is 3. The third kappa shape index (κ3) is 6.21.